The molecule has 70 valence electrons. The first-order valence-corrected chi connectivity index (χ1v) is 3.77. The molecule has 0 aliphatic carbocycles. The summed E-state index contributed by atoms with van der Waals surface area (Å²) < 4.78 is 18.2. The Balaban J connectivity index is 3.10. The average Bonchev–Trinajstić information content (AvgIpc) is 2.08. The molecule has 0 saturated heterocycles. The number of hydrogen-bond acceptors (Lipinski definition) is 2. The van der Waals surface area contributed by atoms with E-state index in [-0.39, 0.29) is 18.0 Å². The van der Waals surface area contributed by atoms with Crippen LogP contribution in [0.5, 0.6) is 0 Å². The minimum atomic E-state index is -0.475. The van der Waals surface area contributed by atoms with Gasteiger partial charge in [0, 0.05) is 12.7 Å². The van der Waals surface area contributed by atoms with Gasteiger partial charge in [-0.25, -0.2) is 4.39 Å². The van der Waals surface area contributed by atoms with Gasteiger partial charge in [-0.05, 0) is 6.07 Å². The lowest BCUT2D eigenvalue weighted by atomic mass is 10.1. The summed E-state index contributed by atoms with van der Waals surface area (Å²) in [5.41, 5.74) is 5.71. The molecule has 13 heavy (non-hydrogen) atoms. The quantitative estimate of drug-likeness (QED) is 0.546. The Kier molecular flexibility index (Phi) is 2.97. The van der Waals surface area contributed by atoms with Crippen LogP contribution < -0.4 is 5.73 Å². The van der Waals surface area contributed by atoms with Crippen LogP contribution in [0.15, 0.2) is 18.2 Å². The lowest BCUT2D eigenvalue weighted by Gasteiger charge is -2.05. The summed E-state index contributed by atoms with van der Waals surface area (Å²) in [5, 5.41) is 7.10. The monoisotopic (exact) mass is 182 g/mol. The summed E-state index contributed by atoms with van der Waals surface area (Å²) in [6, 6.07) is 4.72. The Labute approximate surface area is 75.8 Å². The Morgan fingerprint density at radius 2 is 2.31 bits per heavy atom. The van der Waals surface area contributed by atoms with Crippen molar-refractivity contribution in [2.75, 3.05) is 7.11 Å². The van der Waals surface area contributed by atoms with E-state index < -0.39 is 5.82 Å². The number of amidine groups is 1. The first-order valence-electron chi connectivity index (χ1n) is 3.77. The number of halogens is 1. The van der Waals surface area contributed by atoms with Gasteiger partial charge in [-0.15, -0.1) is 0 Å². The number of nitrogens with one attached hydrogen (secondary N) is 1. The molecule has 1 aromatic rings. The zero-order valence-electron chi connectivity index (χ0n) is 7.30. The van der Waals surface area contributed by atoms with E-state index in [9.17, 15) is 4.39 Å². The van der Waals surface area contributed by atoms with Crippen LogP contribution in [-0.2, 0) is 11.3 Å². The Hall–Kier alpha value is -1.42. The lowest BCUT2D eigenvalue weighted by Crippen LogP contribution is -2.14. The molecule has 1 rings (SSSR count). The molecule has 4 heteroatoms. The summed E-state index contributed by atoms with van der Waals surface area (Å²) in [6.45, 7) is 0.187. The van der Waals surface area contributed by atoms with E-state index in [1.807, 2.05) is 0 Å². The molecular weight excluding hydrogens is 171 g/mol. The molecule has 3 N–H and O–H groups in total. The second kappa shape index (κ2) is 4.00. The van der Waals surface area contributed by atoms with Crippen LogP contribution in [0, 0.1) is 11.2 Å². The maximum absolute atomic E-state index is 13.4. The van der Waals surface area contributed by atoms with Gasteiger partial charge in [0.2, 0.25) is 0 Å². The normalized spacial score (nSPS) is 10.0. The number of rotatable bonds is 3. The van der Waals surface area contributed by atoms with Gasteiger partial charge in [0.15, 0.2) is 0 Å². The first kappa shape index (κ1) is 9.67. The number of nitrogen functional groups attached to an aromatic ring is 1. The fraction of sp³-hybridized carbons (Fsp3) is 0.222. The number of ether oxygens (including phenoxy) is 1. The molecule has 0 saturated carbocycles. The smallest absolute Gasteiger partial charge is 0.139 e. The Bertz CT molecular complexity index is 325. The highest BCUT2D eigenvalue weighted by molar-refractivity contribution is 5.95. The molecule has 0 spiro atoms. The molecule has 0 aromatic heterocycles. The van der Waals surface area contributed by atoms with Crippen molar-refractivity contribution in [3.05, 3.63) is 35.1 Å². The second-order valence-electron chi connectivity index (χ2n) is 2.63. The molecular formula is C9H11FN2O. The van der Waals surface area contributed by atoms with Gasteiger partial charge < -0.3 is 10.5 Å². The molecule has 0 bridgehead atoms. The zero-order chi connectivity index (χ0) is 9.84. The summed E-state index contributed by atoms with van der Waals surface area (Å²) >= 11 is 0. The zero-order valence-corrected chi connectivity index (χ0v) is 7.30. The standard InChI is InChI=1S/C9H11FN2O/c1-13-5-6-3-2-4-7(8(6)10)9(11)12/h2-4H,5H2,1H3,(H3,11,12). The Morgan fingerprint density at radius 3 is 2.85 bits per heavy atom. The van der Waals surface area contributed by atoms with E-state index in [0.717, 1.165) is 0 Å². The van der Waals surface area contributed by atoms with E-state index >= 15 is 0 Å². The summed E-state index contributed by atoms with van der Waals surface area (Å²) in [4.78, 5) is 0. The van der Waals surface area contributed by atoms with Gasteiger partial charge in [0.05, 0.1) is 12.2 Å². The van der Waals surface area contributed by atoms with Crippen molar-refractivity contribution in [1.29, 1.82) is 5.41 Å². The van der Waals surface area contributed by atoms with E-state index in [1.165, 1.54) is 13.2 Å². The summed E-state index contributed by atoms with van der Waals surface area (Å²) in [6.07, 6.45) is 0. The van der Waals surface area contributed by atoms with Gasteiger partial charge in [-0.3, -0.25) is 5.41 Å². The van der Waals surface area contributed by atoms with Gasteiger partial charge in [0.25, 0.3) is 0 Å². The predicted octanol–water partition coefficient (Wildman–Crippen LogP) is 1.26. The Morgan fingerprint density at radius 1 is 1.62 bits per heavy atom. The molecule has 0 unspecified atom stereocenters. The van der Waals surface area contributed by atoms with Crippen LogP contribution in [0.3, 0.4) is 0 Å². The minimum absolute atomic E-state index is 0.120. The lowest BCUT2D eigenvalue weighted by molar-refractivity contribution is 0.181. The fourth-order valence-electron chi connectivity index (χ4n) is 1.05. The number of hydrogen-bond donors (Lipinski definition) is 2. The minimum Gasteiger partial charge on any atom is -0.384 e. The number of benzene rings is 1. The van der Waals surface area contributed by atoms with Crippen LogP contribution in [0.1, 0.15) is 11.1 Å². The van der Waals surface area contributed by atoms with Crippen LogP contribution in [0.4, 0.5) is 4.39 Å². The van der Waals surface area contributed by atoms with E-state index in [0.29, 0.717) is 5.56 Å². The third-order valence-electron chi connectivity index (χ3n) is 1.67. The van der Waals surface area contributed by atoms with E-state index in [1.54, 1.807) is 12.1 Å². The van der Waals surface area contributed by atoms with Gasteiger partial charge in [-0.2, -0.15) is 0 Å². The van der Waals surface area contributed by atoms with Crippen LogP contribution in [0.2, 0.25) is 0 Å². The molecule has 0 radical (unpaired) electrons. The van der Waals surface area contributed by atoms with Crippen LogP contribution in [-0.4, -0.2) is 12.9 Å². The average molecular weight is 182 g/mol. The molecule has 0 aliphatic rings. The van der Waals surface area contributed by atoms with Crippen molar-refractivity contribution in [2.24, 2.45) is 5.73 Å². The molecule has 3 nitrogen and oxygen atoms in total. The molecule has 0 fully saturated rings. The highest BCUT2D eigenvalue weighted by atomic mass is 19.1. The second-order valence-corrected chi connectivity index (χ2v) is 2.63. The topological polar surface area (TPSA) is 59.1 Å². The maximum atomic E-state index is 13.4. The third kappa shape index (κ3) is 2.03. The van der Waals surface area contributed by atoms with Crippen molar-refractivity contribution in [2.45, 2.75) is 6.61 Å². The van der Waals surface area contributed by atoms with Crippen molar-refractivity contribution in [3.63, 3.8) is 0 Å². The number of nitrogens with two attached hydrogens (primary N) is 1. The predicted molar refractivity (Wildman–Crippen MR) is 48.1 cm³/mol. The highest BCUT2D eigenvalue weighted by Crippen LogP contribution is 2.12. The summed E-state index contributed by atoms with van der Waals surface area (Å²) in [5.74, 6) is -0.743. The SMILES string of the molecule is COCc1cccc(C(=N)N)c1F. The molecule has 0 heterocycles. The van der Waals surface area contributed by atoms with Gasteiger partial charge >= 0.3 is 0 Å². The van der Waals surface area contributed by atoms with E-state index in [4.69, 9.17) is 15.9 Å². The van der Waals surface area contributed by atoms with Gasteiger partial charge in [-0.1, -0.05) is 12.1 Å². The molecule has 1 aromatic carbocycles. The fourth-order valence-corrected chi connectivity index (χ4v) is 1.05. The van der Waals surface area contributed by atoms with Crippen molar-refractivity contribution in [1.82, 2.24) is 0 Å². The summed E-state index contributed by atoms with van der Waals surface area (Å²) in [7, 11) is 1.49. The van der Waals surface area contributed by atoms with Crippen molar-refractivity contribution in [3.8, 4) is 0 Å². The van der Waals surface area contributed by atoms with Gasteiger partial charge in [0.1, 0.15) is 11.7 Å². The third-order valence-corrected chi connectivity index (χ3v) is 1.67. The van der Waals surface area contributed by atoms with E-state index in [2.05, 4.69) is 0 Å². The van der Waals surface area contributed by atoms with Crippen LogP contribution >= 0.6 is 0 Å². The van der Waals surface area contributed by atoms with Crippen molar-refractivity contribution >= 4 is 5.84 Å². The van der Waals surface area contributed by atoms with Crippen molar-refractivity contribution < 1.29 is 9.13 Å². The maximum Gasteiger partial charge on any atom is 0.139 e. The largest absolute Gasteiger partial charge is 0.384 e. The first-order chi connectivity index (χ1) is 6.16. The number of methoxy groups -OCH3 is 1. The molecule has 0 amide bonds. The molecule has 0 aliphatic heterocycles. The molecule has 0 atom stereocenters. The highest BCUT2D eigenvalue weighted by Gasteiger charge is 2.08. The van der Waals surface area contributed by atoms with Crippen LogP contribution in [0.25, 0.3) is 0 Å².